The number of amides is 2. The summed E-state index contributed by atoms with van der Waals surface area (Å²) in [7, 11) is -3.69. The van der Waals surface area contributed by atoms with Gasteiger partial charge in [-0.3, -0.25) is 9.59 Å². The van der Waals surface area contributed by atoms with Crippen molar-refractivity contribution in [3.05, 3.63) is 23.8 Å². The number of fused-ring (bicyclic) bond motifs is 1. The van der Waals surface area contributed by atoms with Crippen molar-refractivity contribution < 1.29 is 18.0 Å². The van der Waals surface area contributed by atoms with Gasteiger partial charge in [0.25, 0.3) is 0 Å². The summed E-state index contributed by atoms with van der Waals surface area (Å²) in [6, 6.07) is 5.24. The Hall–Kier alpha value is -1.93. The predicted molar refractivity (Wildman–Crippen MR) is 126 cm³/mol. The van der Waals surface area contributed by atoms with Crippen molar-refractivity contribution in [2.75, 3.05) is 31.1 Å². The van der Waals surface area contributed by atoms with Crippen molar-refractivity contribution in [1.29, 1.82) is 0 Å². The van der Waals surface area contributed by atoms with E-state index in [1.807, 2.05) is 16.7 Å². The van der Waals surface area contributed by atoms with Crippen molar-refractivity contribution in [2.45, 2.75) is 75.6 Å². The molecule has 5 rings (SSSR count). The van der Waals surface area contributed by atoms with E-state index in [1.54, 1.807) is 18.2 Å². The number of nitrogens with zero attached hydrogens (tertiary/aromatic N) is 3. The number of anilines is 1. The quantitative estimate of drug-likeness (QED) is 0.673. The molecule has 180 valence electrons. The van der Waals surface area contributed by atoms with Gasteiger partial charge in [-0.15, -0.1) is 0 Å². The number of benzene rings is 1. The third-order valence-corrected chi connectivity index (χ3v) is 9.58. The lowest BCUT2D eigenvalue weighted by molar-refractivity contribution is -0.136. The zero-order valence-electron chi connectivity index (χ0n) is 19.5. The lowest BCUT2D eigenvalue weighted by atomic mass is 9.98. The summed E-state index contributed by atoms with van der Waals surface area (Å²) in [5, 5.41) is 0. The Balaban J connectivity index is 1.32. The molecule has 3 aliphatic heterocycles. The fourth-order valence-corrected chi connectivity index (χ4v) is 7.27. The maximum absolute atomic E-state index is 13.5. The monoisotopic (exact) mass is 473 g/mol. The summed E-state index contributed by atoms with van der Waals surface area (Å²) in [6.45, 7) is 4.32. The maximum atomic E-state index is 13.5. The van der Waals surface area contributed by atoms with Crippen LogP contribution in [0.4, 0.5) is 5.69 Å². The van der Waals surface area contributed by atoms with Gasteiger partial charge in [-0.25, -0.2) is 8.42 Å². The Kier molecular flexibility index (Phi) is 6.25. The van der Waals surface area contributed by atoms with Gasteiger partial charge in [-0.05, 0) is 75.6 Å². The minimum Gasteiger partial charge on any atom is -0.342 e. The molecule has 0 bridgehead atoms. The van der Waals surface area contributed by atoms with E-state index in [0.29, 0.717) is 19.4 Å². The zero-order valence-corrected chi connectivity index (χ0v) is 20.4. The van der Waals surface area contributed by atoms with Crippen LogP contribution in [0.2, 0.25) is 0 Å². The second-order valence-electron chi connectivity index (χ2n) is 10.3. The first-order valence-corrected chi connectivity index (χ1v) is 14.0. The lowest BCUT2D eigenvalue weighted by Crippen LogP contribution is -2.47. The molecule has 1 aromatic carbocycles. The minimum atomic E-state index is -3.69. The molecule has 7 nitrogen and oxygen atoms in total. The predicted octanol–water partition coefficient (Wildman–Crippen LogP) is 3.18. The Labute approximate surface area is 197 Å². The summed E-state index contributed by atoms with van der Waals surface area (Å²) >= 11 is 0. The highest BCUT2D eigenvalue weighted by Crippen LogP contribution is 2.40. The largest absolute Gasteiger partial charge is 0.342 e. The Morgan fingerprint density at radius 2 is 1.61 bits per heavy atom. The van der Waals surface area contributed by atoms with Crippen molar-refractivity contribution >= 4 is 27.5 Å². The average molecular weight is 474 g/mol. The van der Waals surface area contributed by atoms with E-state index in [2.05, 4.69) is 0 Å². The van der Waals surface area contributed by atoms with Gasteiger partial charge in [0.15, 0.2) is 0 Å². The number of sulfonamides is 1. The van der Waals surface area contributed by atoms with Crippen LogP contribution in [0.25, 0.3) is 0 Å². The van der Waals surface area contributed by atoms with E-state index >= 15 is 0 Å². The van der Waals surface area contributed by atoms with E-state index in [4.69, 9.17) is 0 Å². The Morgan fingerprint density at radius 3 is 2.30 bits per heavy atom. The molecule has 0 radical (unpaired) electrons. The number of rotatable bonds is 4. The van der Waals surface area contributed by atoms with Gasteiger partial charge in [-0.1, -0.05) is 12.8 Å². The third-order valence-electron chi connectivity index (χ3n) is 7.72. The second kappa shape index (κ2) is 9.02. The molecule has 33 heavy (non-hydrogen) atoms. The van der Waals surface area contributed by atoms with Crippen LogP contribution in [0.1, 0.15) is 63.9 Å². The number of hydrogen-bond donors (Lipinski definition) is 0. The van der Waals surface area contributed by atoms with E-state index in [1.165, 1.54) is 4.31 Å². The highest BCUT2D eigenvalue weighted by atomic mass is 32.2. The average Bonchev–Trinajstić information content (AvgIpc) is 3.63. The van der Waals surface area contributed by atoms with E-state index in [0.717, 1.165) is 69.3 Å². The van der Waals surface area contributed by atoms with Crippen LogP contribution in [-0.2, 0) is 26.0 Å². The van der Waals surface area contributed by atoms with Gasteiger partial charge in [0.1, 0.15) is 0 Å². The first-order valence-electron chi connectivity index (χ1n) is 12.6. The molecule has 0 aromatic heterocycles. The number of carbonyl (C=O) groups excluding carboxylic acids is 2. The summed E-state index contributed by atoms with van der Waals surface area (Å²) < 4.78 is 28.5. The molecule has 8 heteroatoms. The van der Waals surface area contributed by atoms with Gasteiger partial charge in [0.05, 0.1) is 10.8 Å². The number of likely N-dealkylation sites (tertiary alicyclic amines) is 1. The van der Waals surface area contributed by atoms with Crippen LogP contribution in [0.15, 0.2) is 23.1 Å². The first-order chi connectivity index (χ1) is 15.9. The van der Waals surface area contributed by atoms with E-state index in [-0.39, 0.29) is 41.1 Å². The van der Waals surface area contributed by atoms with E-state index < -0.39 is 10.0 Å². The van der Waals surface area contributed by atoms with E-state index in [9.17, 15) is 18.0 Å². The Morgan fingerprint density at radius 1 is 0.879 bits per heavy atom. The minimum absolute atomic E-state index is 0.0525. The highest BCUT2D eigenvalue weighted by Gasteiger charge is 2.40. The van der Waals surface area contributed by atoms with Gasteiger partial charge in [0, 0.05) is 43.8 Å². The van der Waals surface area contributed by atoms with Crippen LogP contribution in [0.3, 0.4) is 0 Å². The van der Waals surface area contributed by atoms with Gasteiger partial charge >= 0.3 is 0 Å². The fraction of sp³-hybridized carbons (Fsp3) is 0.680. The van der Waals surface area contributed by atoms with Crippen molar-refractivity contribution in [1.82, 2.24) is 9.21 Å². The normalized spacial score (nSPS) is 26.7. The van der Waals surface area contributed by atoms with Crippen molar-refractivity contribution in [2.24, 2.45) is 11.8 Å². The fourth-order valence-electron chi connectivity index (χ4n) is 5.69. The SMILES string of the molecule is C[C@@H]1Cc2cc(S(=O)(=O)N3CCC[C@@H](C(=O)N4CCCCCC4)C3)ccc2N1C(=O)C1CC1. The smallest absolute Gasteiger partial charge is 0.243 e. The zero-order chi connectivity index (χ0) is 23.2. The first kappa shape index (κ1) is 22.8. The van der Waals surface area contributed by atoms with Gasteiger partial charge in [-0.2, -0.15) is 4.31 Å². The molecule has 1 aliphatic carbocycles. The number of hydrogen-bond acceptors (Lipinski definition) is 4. The molecule has 3 heterocycles. The van der Waals surface area contributed by atoms with Crippen LogP contribution < -0.4 is 4.90 Å². The second-order valence-corrected chi connectivity index (χ2v) is 12.2. The molecule has 1 aromatic rings. The standard InChI is InChI=1S/C25H35N3O4S/c1-18-15-21-16-22(10-11-23(21)28(18)25(30)19-8-9-19)33(31,32)27-14-6-7-20(17-27)24(29)26-12-4-2-3-5-13-26/h10-11,16,18-20H,2-9,12-15,17H2,1H3/t18-,20-/m1/s1. The molecule has 2 saturated heterocycles. The summed E-state index contributed by atoms with van der Waals surface area (Å²) in [5.74, 6) is 0.165. The van der Waals surface area contributed by atoms with Crippen molar-refractivity contribution in [3.8, 4) is 0 Å². The summed E-state index contributed by atoms with van der Waals surface area (Å²) in [6.07, 6.45) is 8.43. The summed E-state index contributed by atoms with van der Waals surface area (Å²) in [4.78, 5) is 29.9. The van der Waals surface area contributed by atoms with Crippen LogP contribution in [0, 0.1) is 11.8 Å². The van der Waals surface area contributed by atoms with Crippen LogP contribution >= 0.6 is 0 Å². The van der Waals surface area contributed by atoms with Gasteiger partial charge < -0.3 is 9.80 Å². The molecule has 3 fully saturated rings. The third kappa shape index (κ3) is 4.44. The number of carbonyl (C=O) groups is 2. The number of piperidine rings is 1. The molecule has 2 atom stereocenters. The van der Waals surface area contributed by atoms with Crippen molar-refractivity contribution in [3.63, 3.8) is 0 Å². The maximum Gasteiger partial charge on any atom is 0.243 e. The molecular weight excluding hydrogens is 438 g/mol. The molecule has 4 aliphatic rings. The molecular formula is C25H35N3O4S. The molecule has 0 N–H and O–H groups in total. The lowest BCUT2D eigenvalue weighted by Gasteiger charge is -2.34. The van der Waals surface area contributed by atoms with Crippen LogP contribution in [0.5, 0.6) is 0 Å². The van der Waals surface area contributed by atoms with Gasteiger partial charge in [0.2, 0.25) is 21.8 Å². The summed E-state index contributed by atoms with van der Waals surface area (Å²) in [5.41, 5.74) is 1.78. The molecule has 1 saturated carbocycles. The highest BCUT2D eigenvalue weighted by molar-refractivity contribution is 7.89. The topological polar surface area (TPSA) is 78.0 Å². The molecule has 2 amide bonds. The molecule has 0 spiro atoms. The molecule has 0 unspecified atom stereocenters. The Bertz CT molecular complexity index is 1030. The van der Waals surface area contributed by atoms with Crippen LogP contribution in [-0.4, -0.2) is 61.7 Å².